The summed E-state index contributed by atoms with van der Waals surface area (Å²) in [5.41, 5.74) is 2.07. The Kier molecular flexibility index (Phi) is 7.39. The molecular formula is C23H25N3O6S. The quantitative estimate of drug-likeness (QED) is 0.477. The van der Waals surface area contributed by atoms with Crippen molar-refractivity contribution in [3.8, 4) is 11.5 Å². The van der Waals surface area contributed by atoms with Gasteiger partial charge in [-0.3, -0.25) is 9.52 Å². The lowest BCUT2D eigenvalue weighted by Gasteiger charge is -2.13. The molecule has 0 saturated heterocycles. The Bertz CT molecular complexity index is 1260. The van der Waals surface area contributed by atoms with E-state index < -0.39 is 10.0 Å². The van der Waals surface area contributed by atoms with Crippen LogP contribution in [0.2, 0.25) is 0 Å². The summed E-state index contributed by atoms with van der Waals surface area (Å²) < 4.78 is 43.9. The van der Waals surface area contributed by atoms with Crippen LogP contribution in [-0.4, -0.2) is 33.7 Å². The van der Waals surface area contributed by atoms with E-state index in [1.54, 1.807) is 56.3 Å². The summed E-state index contributed by atoms with van der Waals surface area (Å²) >= 11 is 0. The maximum atomic E-state index is 12.8. The van der Waals surface area contributed by atoms with Crippen molar-refractivity contribution in [2.75, 3.05) is 24.3 Å². The molecule has 1 aromatic heterocycles. The van der Waals surface area contributed by atoms with Gasteiger partial charge in [-0.05, 0) is 42.8 Å². The van der Waals surface area contributed by atoms with Crippen LogP contribution in [0.4, 0.5) is 11.4 Å². The van der Waals surface area contributed by atoms with E-state index in [1.807, 2.05) is 0 Å². The Hall–Kier alpha value is -3.79. The highest BCUT2D eigenvalue weighted by Crippen LogP contribution is 2.31. The number of benzene rings is 2. The number of aromatic nitrogens is 1. The van der Waals surface area contributed by atoms with Crippen molar-refractivity contribution < 1.29 is 27.2 Å². The van der Waals surface area contributed by atoms with E-state index >= 15 is 0 Å². The molecule has 10 heteroatoms. The van der Waals surface area contributed by atoms with Crippen molar-refractivity contribution in [1.29, 1.82) is 0 Å². The number of nitrogens with zero attached hydrogens (tertiary/aromatic N) is 1. The summed E-state index contributed by atoms with van der Waals surface area (Å²) in [5.74, 6) is 1.11. The van der Waals surface area contributed by atoms with E-state index in [4.69, 9.17) is 14.0 Å². The van der Waals surface area contributed by atoms with Crippen LogP contribution in [0.5, 0.6) is 11.5 Å². The highest BCUT2D eigenvalue weighted by atomic mass is 32.2. The zero-order valence-electron chi connectivity index (χ0n) is 18.7. The molecule has 3 rings (SSSR count). The SMILES string of the molecule is CCC(=O)Nc1c(C)noc1/C=C\c1ccc(S(=O)(=O)Nc2cc(OC)ccc2OC)cc1. The fourth-order valence-electron chi connectivity index (χ4n) is 2.91. The second-order valence-electron chi connectivity index (χ2n) is 6.98. The van der Waals surface area contributed by atoms with Gasteiger partial charge in [-0.25, -0.2) is 8.42 Å². The molecule has 0 bridgehead atoms. The lowest BCUT2D eigenvalue weighted by atomic mass is 10.2. The molecular weight excluding hydrogens is 446 g/mol. The van der Waals surface area contributed by atoms with Gasteiger partial charge in [-0.15, -0.1) is 0 Å². The van der Waals surface area contributed by atoms with Gasteiger partial charge in [-0.1, -0.05) is 30.3 Å². The first-order chi connectivity index (χ1) is 15.8. The third kappa shape index (κ3) is 5.72. The monoisotopic (exact) mass is 471 g/mol. The van der Waals surface area contributed by atoms with Crippen LogP contribution >= 0.6 is 0 Å². The molecule has 0 fully saturated rings. The zero-order valence-corrected chi connectivity index (χ0v) is 19.5. The Balaban J connectivity index is 1.79. The smallest absolute Gasteiger partial charge is 0.262 e. The van der Waals surface area contributed by atoms with Crippen LogP contribution in [0.25, 0.3) is 12.2 Å². The van der Waals surface area contributed by atoms with Gasteiger partial charge in [-0.2, -0.15) is 0 Å². The van der Waals surface area contributed by atoms with Crippen LogP contribution < -0.4 is 19.5 Å². The minimum atomic E-state index is -3.86. The molecule has 0 saturated carbocycles. The van der Waals surface area contributed by atoms with Gasteiger partial charge in [0.15, 0.2) is 5.76 Å². The molecule has 0 radical (unpaired) electrons. The fraction of sp³-hybridized carbons (Fsp3) is 0.217. The lowest BCUT2D eigenvalue weighted by molar-refractivity contribution is -0.115. The molecule has 9 nitrogen and oxygen atoms in total. The zero-order chi connectivity index (χ0) is 24.0. The number of hydrogen-bond donors (Lipinski definition) is 2. The van der Waals surface area contributed by atoms with Crippen molar-refractivity contribution in [3.05, 3.63) is 59.5 Å². The number of sulfonamides is 1. The molecule has 3 aromatic rings. The molecule has 174 valence electrons. The molecule has 0 unspecified atom stereocenters. The first kappa shape index (κ1) is 23.9. The number of methoxy groups -OCH3 is 2. The Morgan fingerprint density at radius 3 is 2.45 bits per heavy atom. The fourth-order valence-corrected chi connectivity index (χ4v) is 3.97. The number of ether oxygens (including phenoxy) is 2. The number of nitrogens with one attached hydrogen (secondary N) is 2. The van der Waals surface area contributed by atoms with Crippen LogP contribution in [0.1, 0.15) is 30.4 Å². The van der Waals surface area contributed by atoms with Crippen molar-refractivity contribution in [2.45, 2.75) is 25.2 Å². The van der Waals surface area contributed by atoms with Gasteiger partial charge in [0.25, 0.3) is 10.0 Å². The van der Waals surface area contributed by atoms with Crippen LogP contribution in [0, 0.1) is 6.92 Å². The highest BCUT2D eigenvalue weighted by Gasteiger charge is 2.17. The number of amides is 1. The van der Waals surface area contributed by atoms with Crippen molar-refractivity contribution >= 4 is 39.5 Å². The largest absolute Gasteiger partial charge is 0.497 e. The van der Waals surface area contributed by atoms with E-state index in [-0.39, 0.29) is 16.5 Å². The van der Waals surface area contributed by atoms with Gasteiger partial charge in [0.05, 0.1) is 24.8 Å². The topological polar surface area (TPSA) is 120 Å². The average Bonchev–Trinajstić information content (AvgIpc) is 3.16. The molecule has 0 aliphatic heterocycles. The Labute approximate surface area is 192 Å². The van der Waals surface area contributed by atoms with Gasteiger partial charge in [0.1, 0.15) is 22.9 Å². The van der Waals surface area contributed by atoms with E-state index in [0.29, 0.717) is 35.1 Å². The minimum Gasteiger partial charge on any atom is -0.497 e. The molecule has 2 N–H and O–H groups in total. The number of aryl methyl sites for hydroxylation is 1. The second-order valence-corrected chi connectivity index (χ2v) is 8.67. The number of hydrogen-bond acceptors (Lipinski definition) is 7. The molecule has 0 spiro atoms. The summed E-state index contributed by atoms with van der Waals surface area (Å²) in [5, 5.41) is 6.64. The summed E-state index contributed by atoms with van der Waals surface area (Å²) in [6, 6.07) is 11.1. The third-order valence-corrected chi connectivity index (χ3v) is 6.12. The van der Waals surface area contributed by atoms with Crippen molar-refractivity contribution in [2.24, 2.45) is 0 Å². The number of rotatable bonds is 9. The first-order valence-electron chi connectivity index (χ1n) is 10.1. The van der Waals surface area contributed by atoms with E-state index in [9.17, 15) is 13.2 Å². The normalized spacial score (nSPS) is 11.4. The van der Waals surface area contributed by atoms with Crippen LogP contribution in [-0.2, 0) is 14.8 Å². The van der Waals surface area contributed by atoms with Gasteiger partial charge in [0, 0.05) is 12.5 Å². The molecule has 1 heterocycles. The lowest BCUT2D eigenvalue weighted by Crippen LogP contribution is -2.13. The minimum absolute atomic E-state index is 0.0796. The number of carbonyl (C=O) groups excluding carboxylic acids is 1. The van der Waals surface area contributed by atoms with Crippen molar-refractivity contribution in [1.82, 2.24) is 5.16 Å². The standard InChI is InChI=1S/C23H25N3O6S/c1-5-22(27)24-23-15(2)25-32-21(23)12-8-16-6-10-18(11-7-16)33(28,29)26-19-14-17(30-3)9-13-20(19)31-4/h6-14,26H,5H2,1-4H3,(H,24,27)/b12-8-. The Morgan fingerprint density at radius 2 is 1.82 bits per heavy atom. The van der Waals surface area contributed by atoms with Gasteiger partial charge >= 0.3 is 0 Å². The summed E-state index contributed by atoms with van der Waals surface area (Å²) in [7, 11) is -0.913. The molecule has 2 aromatic carbocycles. The molecule has 1 amide bonds. The third-order valence-electron chi connectivity index (χ3n) is 4.74. The molecule has 0 aliphatic rings. The maximum absolute atomic E-state index is 12.8. The Morgan fingerprint density at radius 1 is 1.09 bits per heavy atom. The summed E-state index contributed by atoms with van der Waals surface area (Å²) in [6.45, 7) is 3.48. The van der Waals surface area contributed by atoms with E-state index in [2.05, 4.69) is 15.2 Å². The summed E-state index contributed by atoms with van der Waals surface area (Å²) in [6.07, 6.45) is 3.73. The maximum Gasteiger partial charge on any atom is 0.262 e. The van der Waals surface area contributed by atoms with E-state index in [1.165, 1.54) is 26.4 Å². The van der Waals surface area contributed by atoms with Gasteiger partial charge in [0.2, 0.25) is 5.91 Å². The van der Waals surface area contributed by atoms with E-state index in [0.717, 1.165) is 5.56 Å². The second kappa shape index (κ2) is 10.2. The first-order valence-corrected chi connectivity index (χ1v) is 11.5. The molecule has 0 atom stereocenters. The highest BCUT2D eigenvalue weighted by molar-refractivity contribution is 7.92. The summed E-state index contributed by atoms with van der Waals surface area (Å²) in [4.78, 5) is 11.8. The van der Waals surface area contributed by atoms with Crippen molar-refractivity contribution in [3.63, 3.8) is 0 Å². The predicted molar refractivity (Wildman–Crippen MR) is 126 cm³/mol. The number of anilines is 2. The van der Waals surface area contributed by atoms with Crippen LogP contribution in [0.3, 0.4) is 0 Å². The predicted octanol–water partition coefficient (Wildman–Crippen LogP) is 4.32. The van der Waals surface area contributed by atoms with Gasteiger partial charge < -0.3 is 19.3 Å². The number of carbonyl (C=O) groups is 1. The average molecular weight is 472 g/mol. The van der Waals surface area contributed by atoms with Crippen LogP contribution in [0.15, 0.2) is 51.9 Å². The molecule has 0 aliphatic carbocycles. The molecule has 33 heavy (non-hydrogen) atoms.